The normalized spacial score (nSPS) is 22.0. The number of nitrogens with zero attached hydrogens (tertiary/aromatic N) is 2. The van der Waals surface area contributed by atoms with Crippen molar-refractivity contribution in [1.82, 2.24) is 4.57 Å². The average Bonchev–Trinajstić information content (AvgIpc) is 2.90. The molecule has 2 saturated carbocycles. The Hall–Kier alpha value is -0.310. The largest absolute Gasteiger partial charge is 1.00 e. The quantitative estimate of drug-likeness (QED) is 0.543. The molecular weight excluding hydrogens is 216 g/mol. The molecule has 2 fully saturated rings. The Morgan fingerprint density at radius 3 is 2.50 bits per heavy atom. The highest BCUT2D eigenvalue weighted by Crippen LogP contribution is 2.35. The van der Waals surface area contributed by atoms with E-state index in [0.717, 1.165) is 12.1 Å². The van der Waals surface area contributed by atoms with Gasteiger partial charge in [-0.25, -0.2) is 9.13 Å². The second kappa shape index (κ2) is 2.87. The molecule has 0 bridgehead atoms. The van der Waals surface area contributed by atoms with E-state index < -0.39 is 0 Å². The molecule has 3 heteroatoms. The summed E-state index contributed by atoms with van der Waals surface area (Å²) in [6.07, 6.45) is 12.3. The van der Waals surface area contributed by atoms with Gasteiger partial charge in [0, 0.05) is 0 Å². The van der Waals surface area contributed by atoms with Crippen LogP contribution in [0.25, 0.3) is 0 Å². The Labute approximate surface area is 83.0 Å². The summed E-state index contributed by atoms with van der Waals surface area (Å²) in [5, 5.41) is 0. The molecule has 0 aliphatic heterocycles. The van der Waals surface area contributed by atoms with Gasteiger partial charge in [0.2, 0.25) is 6.33 Å². The van der Waals surface area contributed by atoms with E-state index in [-0.39, 0.29) is 17.0 Å². The van der Waals surface area contributed by atoms with Gasteiger partial charge in [-0.1, -0.05) is 0 Å². The van der Waals surface area contributed by atoms with Crippen molar-refractivity contribution < 1.29 is 21.5 Å². The lowest BCUT2D eigenvalue weighted by molar-refractivity contribution is -0.700. The van der Waals surface area contributed by atoms with E-state index in [9.17, 15) is 0 Å². The molecular formula is C9H13BrN2. The lowest BCUT2D eigenvalue weighted by Crippen LogP contribution is -3.00. The maximum absolute atomic E-state index is 2.36. The highest BCUT2D eigenvalue weighted by atomic mass is 79.9. The molecule has 0 unspecified atom stereocenters. The fourth-order valence-electron chi connectivity index (χ4n) is 1.56. The van der Waals surface area contributed by atoms with Crippen LogP contribution in [0.5, 0.6) is 0 Å². The predicted octanol–water partition coefficient (Wildman–Crippen LogP) is -1.55. The van der Waals surface area contributed by atoms with E-state index in [1.54, 1.807) is 0 Å². The number of hydrogen-bond acceptors (Lipinski definition) is 0. The molecule has 1 aromatic rings. The van der Waals surface area contributed by atoms with Crippen LogP contribution < -0.4 is 21.5 Å². The summed E-state index contributed by atoms with van der Waals surface area (Å²) >= 11 is 0. The van der Waals surface area contributed by atoms with Crippen LogP contribution in [0.1, 0.15) is 37.8 Å². The van der Waals surface area contributed by atoms with E-state index in [2.05, 4.69) is 27.9 Å². The first-order valence-electron chi connectivity index (χ1n) is 4.52. The van der Waals surface area contributed by atoms with Crippen LogP contribution in [0.3, 0.4) is 0 Å². The maximum Gasteiger partial charge on any atom is 0.244 e. The van der Waals surface area contributed by atoms with E-state index >= 15 is 0 Å². The topological polar surface area (TPSA) is 8.81 Å². The molecule has 66 valence electrons. The van der Waals surface area contributed by atoms with Crippen molar-refractivity contribution in [1.29, 1.82) is 0 Å². The van der Waals surface area contributed by atoms with Crippen molar-refractivity contribution >= 4 is 0 Å². The second-order valence-electron chi connectivity index (χ2n) is 3.77. The number of imidazole rings is 1. The van der Waals surface area contributed by atoms with Crippen molar-refractivity contribution in [2.75, 3.05) is 0 Å². The Balaban J connectivity index is 0.000000563. The molecule has 1 heterocycles. The molecule has 0 atom stereocenters. The molecule has 0 aromatic carbocycles. The summed E-state index contributed by atoms with van der Waals surface area (Å²) < 4.78 is 4.72. The highest BCUT2D eigenvalue weighted by Gasteiger charge is 2.32. The molecule has 0 spiro atoms. The standard InChI is InChI=1S/C9H13N2.BrH/c1-2-8(1)10-5-6-11(7-10)9-3-4-9;/h5-9H,1-4H2;1H/q+1;/p-1. The molecule has 2 aliphatic carbocycles. The summed E-state index contributed by atoms with van der Waals surface area (Å²) in [6.45, 7) is 0. The lowest BCUT2D eigenvalue weighted by atomic mass is 10.7. The van der Waals surface area contributed by atoms with E-state index in [1.807, 2.05) is 0 Å². The third kappa shape index (κ3) is 1.42. The first-order chi connectivity index (χ1) is 5.43. The minimum Gasteiger partial charge on any atom is -1.00 e. The van der Waals surface area contributed by atoms with E-state index in [0.29, 0.717) is 0 Å². The molecule has 0 N–H and O–H groups in total. The van der Waals surface area contributed by atoms with E-state index in [4.69, 9.17) is 0 Å². The van der Waals surface area contributed by atoms with Gasteiger partial charge in [-0.05, 0) is 25.7 Å². The minimum absolute atomic E-state index is 0. The third-order valence-electron chi connectivity index (χ3n) is 2.61. The smallest absolute Gasteiger partial charge is 0.244 e. The third-order valence-corrected chi connectivity index (χ3v) is 2.61. The van der Waals surface area contributed by atoms with Gasteiger partial charge in [0.05, 0.1) is 0 Å². The van der Waals surface area contributed by atoms with E-state index in [1.165, 1.54) is 25.7 Å². The summed E-state index contributed by atoms with van der Waals surface area (Å²) in [5.41, 5.74) is 0. The first-order valence-corrected chi connectivity index (χ1v) is 4.52. The molecule has 2 aliphatic rings. The van der Waals surface area contributed by atoms with Gasteiger partial charge < -0.3 is 17.0 Å². The molecule has 3 rings (SSSR count). The minimum atomic E-state index is 0. The number of aromatic nitrogens is 2. The van der Waals surface area contributed by atoms with Crippen LogP contribution in [0.15, 0.2) is 18.7 Å². The average molecular weight is 229 g/mol. The molecule has 0 amide bonds. The van der Waals surface area contributed by atoms with Gasteiger partial charge in [0.25, 0.3) is 0 Å². The Bertz CT molecular complexity index is 247. The Morgan fingerprint density at radius 2 is 1.92 bits per heavy atom. The molecule has 0 radical (unpaired) electrons. The predicted molar refractivity (Wildman–Crippen MR) is 41.2 cm³/mol. The maximum atomic E-state index is 2.36. The van der Waals surface area contributed by atoms with Gasteiger partial charge in [0.1, 0.15) is 24.5 Å². The zero-order valence-electron chi connectivity index (χ0n) is 6.99. The van der Waals surface area contributed by atoms with Gasteiger partial charge in [-0.15, -0.1) is 0 Å². The molecule has 12 heavy (non-hydrogen) atoms. The van der Waals surface area contributed by atoms with Crippen LogP contribution in [0.2, 0.25) is 0 Å². The van der Waals surface area contributed by atoms with Crippen LogP contribution in [0, 0.1) is 0 Å². The van der Waals surface area contributed by atoms with Gasteiger partial charge in [-0.3, -0.25) is 0 Å². The molecule has 2 nitrogen and oxygen atoms in total. The Kier molecular flexibility index (Phi) is 1.99. The summed E-state index contributed by atoms with van der Waals surface area (Å²) in [4.78, 5) is 0. The van der Waals surface area contributed by atoms with Crippen LogP contribution >= 0.6 is 0 Å². The van der Waals surface area contributed by atoms with Gasteiger partial charge in [-0.2, -0.15) is 0 Å². The number of rotatable bonds is 2. The zero-order chi connectivity index (χ0) is 7.26. The van der Waals surface area contributed by atoms with Crippen molar-refractivity contribution in [3.8, 4) is 0 Å². The van der Waals surface area contributed by atoms with Crippen LogP contribution in [-0.4, -0.2) is 4.57 Å². The monoisotopic (exact) mass is 228 g/mol. The molecule has 1 aromatic heterocycles. The summed E-state index contributed by atoms with van der Waals surface area (Å²) in [5.74, 6) is 0. The summed E-state index contributed by atoms with van der Waals surface area (Å²) in [7, 11) is 0. The fourth-order valence-corrected chi connectivity index (χ4v) is 1.56. The highest BCUT2D eigenvalue weighted by molar-refractivity contribution is 4.85. The van der Waals surface area contributed by atoms with Crippen molar-refractivity contribution in [3.63, 3.8) is 0 Å². The van der Waals surface area contributed by atoms with Gasteiger partial charge in [0.15, 0.2) is 0 Å². The van der Waals surface area contributed by atoms with Crippen LogP contribution in [-0.2, 0) is 0 Å². The van der Waals surface area contributed by atoms with Crippen molar-refractivity contribution in [3.05, 3.63) is 18.7 Å². The second-order valence-corrected chi connectivity index (χ2v) is 3.77. The first kappa shape index (κ1) is 8.30. The Morgan fingerprint density at radius 1 is 1.17 bits per heavy atom. The van der Waals surface area contributed by atoms with Gasteiger partial charge >= 0.3 is 0 Å². The zero-order valence-corrected chi connectivity index (χ0v) is 8.57. The number of halogens is 1. The van der Waals surface area contributed by atoms with Crippen molar-refractivity contribution in [2.24, 2.45) is 0 Å². The SMILES string of the molecule is [Br-].c1c[n+](C2CC2)cn1C1CC1. The number of hydrogen-bond donors (Lipinski definition) is 0. The summed E-state index contributed by atoms with van der Waals surface area (Å²) in [6, 6.07) is 1.69. The molecule has 0 saturated heterocycles. The fraction of sp³-hybridized carbons (Fsp3) is 0.667. The van der Waals surface area contributed by atoms with Crippen LogP contribution in [0.4, 0.5) is 0 Å². The van der Waals surface area contributed by atoms with Crippen molar-refractivity contribution in [2.45, 2.75) is 37.8 Å². The lowest BCUT2D eigenvalue weighted by Gasteiger charge is -1.88.